The Morgan fingerprint density at radius 1 is 1.09 bits per heavy atom. The van der Waals surface area contributed by atoms with E-state index in [9.17, 15) is 13.2 Å². The third kappa shape index (κ3) is 4.04. The molecule has 10 heteroatoms. The van der Waals surface area contributed by atoms with Crippen molar-refractivity contribution in [2.45, 2.75) is 22.5 Å². The minimum absolute atomic E-state index is 0.0285. The van der Waals surface area contributed by atoms with Crippen LogP contribution in [-0.2, 0) is 14.6 Å². The number of piperidine rings is 1. The van der Waals surface area contributed by atoms with Crippen molar-refractivity contribution in [2.75, 3.05) is 26.4 Å². The highest BCUT2D eigenvalue weighted by molar-refractivity contribution is 7.93. The fourth-order valence-electron chi connectivity index (χ4n) is 3.76. The normalized spacial score (nSPS) is 16.5. The van der Waals surface area contributed by atoms with Crippen LogP contribution < -0.4 is 24.8 Å². The van der Waals surface area contributed by atoms with Gasteiger partial charge in [-0.1, -0.05) is 0 Å². The van der Waals surface area contributed by atoms with E-state index in [2.05, 4.69) is 16.6 Å². The largest absolute Gasteiger partial charge is 0.462 e. The molecule has 3 N–H and O–H groups in total. The molecule has 4 rings (SSSR count). The van der Waals surface area contributed by atoms with Crippen LogP contribution in [0.1, 0.15) is 12.8 Å². The molecule has 0 atom stereocenters. The summed E-state index contributed by atoms with van der Waals surface area (Å²) in [7, 11) is -4.01. The van der Waals surface area contributed by atoms with Crippen molar-refractivity contribution in [3.63, 3.8) is 0 Å². The molecule has 2 aliphatic heterocycles. The molecule has 0 unspecified atom stereocenters. The molecule has 2 heterocycles. The van der Waals surface area contributed by atoms with Gasteiger partial charge in [-0.15, -0.1) is 0 Å². The Bertz CT molecular complexity index is 1160. The Morgan fingerprint density at radius 3 is 2.50 bits per heavy atom. The predicted molar refractivity (Wildman–Crippen MR) is 114 cm³/mol. The molecule has 2 aliphatic rings. The van der Waals surface area contributed by atoms with E-state index in [1.54, 1.807) is 36.4 Å². The number of fused-ring (bicyclic) bond motifs is 1. The molecule has 1 fully saturated rings. The third-order valence-corrected chi connectivity index (χ3v) is 7.98. The average molecular weight is 458 g/mol. The Hall–Kier alpha value is -3.42. The second kappa shape index (κ2) is 8.98. The molecule has 0 aromatic heterocycles. The summed E-state index contributed by atoms with van der Waals surface area (Å²) in [5.74, 6) is 3.84. The Balaban J connectivity index is 1.56. The first kappa shape index (κ1) is 21.8. The van der Waals surface area contributed by atoms with Gasteiger partial charge in [0, 0.05) is 6.07 Å². The predicted octanol–water partition coefficient (Wildman–Crippen LogP) is 1.55. The van der Waals surface area contributed by atoms with Crippen molar-refractivity contribution in [2.24, 2.45) is 0 Å². The van der Waals surface area contributed by atoms with E-state index in [1.807, 2.05) is 0 Å². The summed E-state index contributed by atoms with van der Waals surface area (Å²) in [6.45, 7) is 0.804. The molecule has 0 bridgehead atoms. The van der Waals surface area contributed by atoms with Crippen LogP contribution in [-0.4, -0.2) is 50.6 Å². The van der Waals surface area contributed by atoms with E-state index >= 15 is 0 Å². The molecule has 0 radical (unpaired) electrons. The number of rotatable bonds is 6. The fraction of sp³-hybridized carbons (Fsp3) is 0.318. The van der Waals surface area contributed by atoms with Crippen molar-refractivity contribution in [3.05, 3.63) is 42.5 Å². The van der Waals surface area contributed by atoms with Crippen LogP contribution in [0.2, 0.25) is 0 Å². The summed E-state index contributed by atoms with van der Waals surface area (Å²) in [6.07, 6.45) is 1.95. The second-order valence-corrected chi connectivity index (χ2v) is 9.57. The molecular formula is C22H22N2O7S. The number of hydrogen-bond donors (Lipinski definition) is 3. The van der Waals surface area contributed by atoms with Crippen LogP contribution in [0, 0.1) is 12.0 Å². The number of carbonyl (C=O) groups excluding carboxylic acids is 1. The summed E-state index contributed by atoms with van der Waals surface area (Å²) in [4.78, 5) is 12.9. The van der Waals surface area contributed by atoms with E-state index in [4.69, 9.17) is 19.3 Å². The summed E-state index contributed by atoms with van der Waals surface area (Å²) in [6, 6.07) is 11.1. The number of benzene rings is 2. The van der Waals surface area contributed by atoms with Gasteiger partial charge in [0.2, 0.25) is 12.7 Å². The number of aliphatic hydroxyl groups excluding tert-OH is 1. The zero-order valence-corrected chi connectivity index (χ0v) is 17.9. The van der Waals surface area contributed by atoms with Crippen molar-refractivity contribution in [3.8, 4) is 35.0 Å². The van der Waals surface area contributed by atoms with E-state index in [0.717, 1.165) is 0 Å². The molecule has 2 aromatic rings. The SMILES string of the molecule is O=C(NCC#CO)C1(S(=O)(=O)c2ccc(Oc3ccc4c(c3)OCO4)cc2)CCNCC1. The fourth-order valence-corrected chi connectivity index (χ4v) is 5.77. The maximum absolute atomic E-state index is 13.5. The number of hydrogen-bond acceptors (Lipinski definition) is 8. The monoisotopic (exact) mass is 458 g/mol. The van der Waals surface area contributed by atoms with E-state index < -0.39 is 20.5 Å². The molecule has 9 nitrogen and oxygen atoms in total. The van der Waals surface area contributed by atoms with Crippen LogP contribution >= 0.6 is 0 Å². The zero-order valence-electron chi connectivity index (χ0n) is 17.1. The minimum Gasteiger partial charge on any atom is -0.462 e. The van der Waals surface area contributed by atoms with Gasteiger partial charge in [0.15, 0.2) is 26.1 Å². The summed E-state index contributed by atoms with van der Waals surface area (Å²) in [5.41, 5.74) is 0. The highest BCUT2D eigenvalue weighted by Crippen LogP contribution is 2.38. The van der Waals surface area contributed by atoms with E-state index in [0.29, 0.717) is 36.1 Å². The molecule has 1 saturated heterocycles. The molecule has 168 valence electrons. The molecule has 0 spiro atoms. The minimum atomic E-state index is -4.01. The van der Waals surface area contributed by atoms with Gasteiger partial charge in [0.25, 0.3) is 0 Å². The topological polar surface area (TPSA) is 123 Å². The first-order chi connectivity index (χ1) is 15.5. The van der Waals surface area contributed by atoms with Crippen molar-refractivity contribution >= 4 is 15.7 Å². The lowest BCUT2D eigenvalue weighted by molar-refractivity contribution is -0.124. The van der Waals surface area contributed by atoms with Crippen LogP contribution in [0.3, 0.4) is 0 Å². The van der Waals surface area contributed by atoms with Crippen LogP contribution in [0.4, 0.5) is 0 Å². The maximum Gasteiger partial charge on any atom is 0.242 e. The van der Waals surface area contributed by atoms with Gasteiger partial charge in [-0.3, -0.25) is 4.79 Å². The third-order valence-electron chi connectivity index (χ3n) is 5.47. The summed E-state index contributed by atoms with van der Waals surface area (Å²) in [5, 5.41) is 14.2. The van der Waals surface area contributed by atoms with Crippen LogP contribution in [0.25, 0.3) is 0 Å². The van der Waals surface area contributed by atoms with Crippen molar-refractivity contribution in [1.82, 2.24) is 10.6 Å². The van der Waals surface area contributed by atoms with Gasteiger partial charge < -0.3 is 30.0 Å². The lowest BCUT2D eigenvalue weighted by atomic mass is 9.96. The molecular weight excluding hydrogens is 436 g/mol. The van der Waals surface area contributed by atoms with Gasteiger partial charge in [-0.25, -0.2) is 8.42 Å². The van der Waals surface area contributed by atoms with E-state index in [1.165, 1.54) is 12.1 Å². The first-order valence-electron chi connectivity index (χ1n) is 9.99. The lowest BCUT2D eigenvalue weighted by Crippen LogP contribution is -2.57. The summed E-state index contributed by atoms with van der Waals surface area (Å²) >= 11 is 0. The molecule has 0 aliphatic carbocycles. The van der Waals surface area contributed by atoms with Gasteiger partial charge in [0.1, 0.15) is 17.6 Å². The van der Waals surface area contributed by atoms with Crippen LogP contribution in [0.15, 0.2) is 47.4 Å². The Labute approximate surface area is 185 Å². The number of amides is 1. The standard InChI is InChI=1S/C22H22N2O7S/c25-13-1-10-24-21(26)22(8-11-23-12-9-22)32(27,28)18-5-2-16(3-6-18)31-17-4-7-19-20(14-17)30-15-29-19/h2-7,14,23,25H,8-12,15H2,(H,24,26). The smallest absolute Gasteiger partial charge is 0.242 e. The second-order valence-electron chi connectivity index (χ2n) is 7.31. The van der Waals surface area contributed by atoms with Gasteiger partial charge in [-0.2, -0.15) is 0 Å². The number of aliphatic hydroxyl groups is 1. The molecule has 0 saturated carbocycles. The van der Waals surface area contributed by atoms with Gasteiger partial charge in [-0.05, 0) is 68.2 Å². The number of ether oxygens (including phenoxy) is 3. The lowest BCUT2D eigenvalue weighted by Gasteiger charge is -2.35. The molecule has 1 amide bonds. The quantitative estimate of drug-likeness (QED) is 0.558. The van der Waals surface area contributed by atoms with E-state index in [-0.39, 0.29) is 31.1 Å². The Kier molecular flexibility index (Phi) is 6.12. The highest BCUT2D eigenvalue weighted by atomic mass is 32.2. The van der Waals surface area contributed by atoms with Crippen molar-refractivity contribution in [1.29, 1.82) is 0 Å². The molecule has 2 aromatic carbocycles. The number of sulfone groups is 1. The number of carbonyl (C=O) groups is 1. The maximum atomic E-state index is 13.5. The first-order valence-corrected chi connectivity index (χ1v) is 11.5. The molecule has 32 heavy (non-hydrogen) atoms. The Morgan fingerprint density at radius 2 is 1.78 bits per heavy atom. The zero-order chi connectivity index (χ0) is 22.6. The van der Waals surface area contributed by atoms with Gasteiger partial charge >= 0.3 is 0 Å². The number of nitrogens with one attached hydrogen (secondary N) is 2. The summed E-state index contributed by atoms with van der Waals surface area (Å²) < 4.78 is 41.9. The van der Waals surface area contributed by atoms with Crippen LogP contribution in [0.5, 0.6) is 23.0 Å². The van der Waals surface area contributed by atoms with Gasteiger partial charge in [0.05, 0.1) is 11.4 Å². The highest BCUT2D eigenvalue weighted by Gasteiger charge is 2.51. The van der Waals surface area contributed by atoms with Crippen molar-refractivity contribution < 1.29 is 32.5 Å². The average Bonchev–Trinajstić information content (AvgIpc) is 3.28.